The SMILES string of the molecule is CO[Si](C)(C)C(=CCCl)CCl. The van der Waals surface area contributed by atoms with Gasteiger partial charge in [-0.05, 0) is 18.3 Å². The third-order valence-corrected chi connectivity index (χ3v) is 5.37. The molecule has 0 aromatic carbocycles. The van der Waals surface area contributed by atoms with E-state index in [2.05, 4.69) is 13.1 Å². The first-order chi connectivity index (χ1) is 5.08. The zero-order valence-electron chi connectivity index (χ0n) is 7.16. The maximum Gasteiger partial charge on any atom is 0.214 e. The number of alkyl halides is 2. The summed E-state index contributed by atoms with van der Waals surface area (Å²) < 4.78 is 5.37. The lowest BCUT2D eigenvalue weighted by Crippen LogP contribution is -2.33. The van der Waals surface area contributed by atoms with E-state index in [0.717, 1.165) is 5.20 Å². The normalized spacial score (nSPS) is 13.7. The van der Waals surface area contributed by atoms with Crippen LogP contribution in [-0.2, 0) is 4.43 Å². The summed E-state index contributed by atoms with van der Waals surface area (Å²) in [7, 11) is 0.0401. The molecule has 0 aromatic rings. The third-order valence-electron chi connectivity index (χ3n) is 1.75. The molecular formula is C7H14Cl2OSi. The summed E-state index contributed by atoms with van der Waals surface area (Å²) in [6.07, 6.45) is 1.95. The Bertz CT molecular complexity index is 145. The van der Waals surface area contributed by atoms with E-state index in [0.29, 0.717) is 11.8 Å². The van der Waals surface area contributed by atoms with E-state index in [9.17, 15) is 0 Å². The predicted molar refractivity (Wildman–Crippen MR) is 54.0 cm³/mol. The average Bonchev–Trinajstić information content (AvgIpc) is 2.00. The summed E-state index contributed by atoms with van der Waals surface area (Å²) in [6.45, 7) is 4.21. The molecule has 0 atom stereocenters. The van der Waals surface area contributed by atoms with E-state index in [-0.39, 0.29) is 0 Å². The molecular weight excluding hydrogens is 199 g/mol. The first-order valence-electron chi connectivity index (χ1n) is 3.45. The minimum absolute atomic E-state index is 0.516. The maximum absolute atomic E-state index is 5.74. The van der Waals surface area contributed by atoms with Crippen molar-refractivity contribution < 1.29 is 4.43 Å². The molecule has 0 aliphatic heterocycles. The van der Waals surface area contributed by atoms with Crippen molar-refractivity contribution in [2.24, 2.45) is 0 Å². The Morgan fingerprint density at radius 2 is 2.00 bits per heavy atom. The molecule has 0 N–H and O–H groups in total. The lowest BCUT2D eigenvalue weighted by molar-refractivity contribution is 0.412. The minimum Gasteiger partial charge on any atom is -0.416 e. The van der Waals surface area contributed by atoms with Crippen LogP contribution in [0.15, 0.2) is 11.3 Å². The van der Waals surface area contributed by atoms with Gasteiger partial charge in [-0.1, -0.05) is 6.08 Å². The average molecular weight is 213 g/mol. The van der Waals surface area contributed by atoms with Crippen molar-refractivity contribution in [2.45, 2.75) is 13.1 Å². The van der Waals surface area contributed by atoms with Gasteiger partial charge < -0.3 is 4.43 Å². The molecule has 0 saturated heterocycles. The van der Waals surface area contributed by atoms with Crippen molar-refractivity contribution >= 4 is 31.5 Å². The van der Waals surface area contributed by atoms with Crippen LogP contribution in [0, 0.1) is 0 Å². The van der Waals surface area contributed by atoms with E-state index in [1.807, 2.05) is 6.08 Å². The molecule has 11 heavy (non-hydrogen) atoms. The summed E-state index contributed by atoms with van der Waals surface area (Å²) in [5.74, 6) is 1.04. The van der Waals surface area contributed by atoms with Crippen LogP contribution in [0.3, 0.4) is 0 Å². The predicted octanol–water partition coefficient (Wildman–Crippen LogP) is 2.78. The number of hydrogen-bond donors (Lipinski definition) is 0. The fourth-order valence-electron chi connectivity index (χ4n) is 0.685. The van der Waals surface area contributed by atoms with Crippen molar-refractivity contribution in [3.63, 3.8) is 0 Å². The Hall–Kier alpha value is 0.497. The second-order valence-corrected chi connectivity index (χ2v) is 7.38. The summed E-state index contributed by atoms with van der Waals surface area (Å²) in [5.41, 5.74) is 0. The van der Waals surface area contributed by atoms with Crippen molar-refractivity contribution in [2.75, 3.05) is 18.9 Å². The van der Waals surface area contributed by atoms with E-state index >= 15 is 0 Å². The molecule has 4 heteroatoms. The Morgan fingerprint density at radius 1 is 1.45 bits per heavy atom. The second-order valence-electron chi connectivity index (χ2n) is 2.73. The summed E-state index contributed by atoms with van der Waals surface area (Å²) in [5, 5.41) is 1.16. The molecule has 0 radical (unpaired) electrons. The van der Waals surface area contributed by atoms with Crippen molar-refractivity contribution in [3.8, 4) is 0 Å². The molecule has 0 rings (SSSR count). The lowest BCUT2D eigenvalue weighted by atomic mass is 10.6. The molecule has 0 fully saturated rings. The third kappa shape index (κ3) is 3.61. The Morgan fingerprint density at radius 3 is 2.27 bits per heavy atom. The Balaban J connectivity index is 4.36. The Labute approximate surface area is 79.5 Å². The first-order valence-corrected chi connectivity index (χ1v) is 7.42. The molecule has 0 spiro atoms. The van der Waals surface area contributed by atoms with Gasteiger partial charge in [-0.2, -0.15) is 0 Å². The summed E-state index contributed by atoms with van der Waals surface area (Å²) >= 11 is 11.3. The fraction of sp³-hybridized carbons (Fsp3) is 0.714. The smallest absolute Gasteiger partial charge is 0.214 e. The maximum atomic E-state index is 5.74. The van der Waals surface area contributed by atoms with Gasteiger partial charge in [0.25, 0.3) is 0 Å². The lowest BCUT2D eigenvalue weighted by Gasteiger charge is -2.21. The van der Waals surface area contributed by atoms with Crippen LogP contribution in [0.2, 0.25) is 13.1 Å². The molecule has 66 valence electrons. The Kier molecular flexibility index (Phi) is 5.43. The number of hydrogen-bond acceptors (Lipinski definition) is 1. The zero-order chi connectivity index (χ0) is 8.91. The van der Waals surface area contributed by atoms with Gasteiger partial charge in [-0.3, -0.25) is 0 Å². The van der Waals surface area contributed by atoms with Gasteiger partial charge in [-0.25, -0.2) is 0 Å². The van der Waals surface area contributed by atoms with Crippen LogP contribution in [0.1, 0.15) is 0 Å². The van der Waals surface area contributed by atoms with Gasteiger partial charge >= 0.3 is 0 Å². The zero-order valence-corrected chi connectivity index (χ0v) is 9.67. The van der Waals surface area contributed by atoms with Crippen LogP contribution in [0.4, 0.5) is 0 Å². The number of allylic oxidation sites excluding steroid dienone is 2. The van der Waals surface area contributed by atoms with Gasteiger partial charge in [0.15, 0.2) is 0 Å². The fourth-order valence-corrected chi connectivity index (χ4v) is 3.25. The molecule has 0 aliphatic rings. The highest BCUT2D eigenvalue weighted by molar-refractivity contribution is 6.79. The van der Waals surface area contributed by atoms with Crippen LogP contribution in [0.25, 0.3) is 0 Å². The van der Waals surface area contributed by atoms with E-state index in [1.54, 1.807) is 7.11 Å². The summed E-state index contributed by atoms with van der Waals surface area (Å²) in [4.78, 5) is 0. The molecule has 1 nitrogen and oxygen atoms in total. The van der Waals surface area contributed by atoms with Gasteiger partial charge in [0.2, 0.25) is 8.32 Å². The molecule has 0 unspecified atom stereocenters. The molecule has 0 amide bonds. The van der Waals surface area contributed by atoms with Gasteiger partial charge in [0.1, 0.15) is 0 Å². The second kappa shape index (κ2) is 5.20. The van der Waals surface area contributed by atoms with Crippen LogP contribution in [-0.4, -0.2) is 27.2 Å². The van der Waals surface area contributed by atoms with Crippen molar-refractivity contribution in [1.29, 1.82) is 0 Å². The van der Waals surface area contributed by atoms with Crippen LogP contribution in [0.5, 0.6) is 0 Å². The molecule has 0 aromatic heterocycles. The molecule has 0 bridgehead atoms. The monoisotopic (exact) mass is 212 g/mol. The first kappa shape index (κ1) is 11.5. The highest BCUT2D eigenvalue weighted by Crippen LogP contribution is 2.16. The van der Waals surface area contributed by atoms with Gasteiger partial charge in [0, 0.05) is 18.9 Å². The largest absolute Gasteiger partial charge is 0.416 e. The number of halogens is 2. The van der Waals surface area contributed by atoms with Gasteiger partial charge in [-0.15, -0.1) is 23.2 Å². The minimum atomic E-state index is -1.68. The molecule has 0 saturated carbocycles. The van der Waals surface area contributed by atoms with Crippen molar-refractivity contribution in [1.82, 2.24) is 0 Å². The van der Waals surface area contributed by atoms with E-state index in [4.69, 9.17) is 27.6 Å². The van der Waals surface area contributed by atoms with Gasteiger partial charge in [0.05, 0.1) is 0 Å². The van der Waals surface area contributed by atoms with Crippen LogP contribution >= 0.6 is 23.2 Å². The van der Waals surface area contributed by atoms with E-state index < -0.39 is 8.32 Å². The highest BCUT2D eigenvalue weighted by atomic mass is 35.5. The number of rotatable bonds is 4. The van der Waals surface area contributed by atoms with Crippen LogP contribution < -0.4 is 0 Å². The standard InChI is InChI=1S/C7H14Cl2OSi/c1-10-11(2,3)7(6-9)4-5-8/h4H,5-6H2,1-3H3. The molecule has 0 aliphatic carbocycles. The quantitative estimate of drug-likeness (QED) is 0.515. The summed E-state index contributed by atoms with van der Waals surface area (Å²) in [6, 6.07) is 0. The van der Waals surface area contributed by atoms with Crippen molar-refractivity contribution in [3.05, 3.63) is 11.3 Å². The van der Waals surface area contributed by atoms with E-state index in [1.165, 1.54) is 0 Å². The molecule has 0 heterocycles. The highest BCUT2D eigenvalue weighted by Gasteiger charge is 2.25. The topological polar surface area (TPSA) is 9.23 Å².